The zero-order chi connectivity index (χ0) is 23.5. The topological polar surface area (TPSA) is 96.5 Å². The molecule has 3 rings (SSSR count). The molecule has 0 saturated carbocycles. The molecule has 1 aliphatic heterocycles. The second kappa shape index (κ2) is 13.3. The quantitative estimate of drug-likeness (QED) is 0.514. The van der Waals surface area contributed by atoms with Gasteiger partial charge in [0.05, 0.1) is 7.11 Å². The summed E-state index contributed by atoms with van der Waals surface area (Å²) in [5.41, 5.74) is 0.666. The molecule has 0 radical (unpaired) electrons. The number of rotatable bonds is 11. The van der Waals surface area contributed by atoms with Crippen molar-refractivity contribution in [3.8, 4) is 5.75 Å². The predicted octanol–water partition coefficient (Wildman–Crippen LogP) is 3.89. The van der Waals surface area contributed by atoms with Crippen LogP contribution in [0.1, 0.15) is 66.7 Å². The van der Waals surface area contributed by atoms with Crippen LogP contribution in [0.25, 0.3) is 0 Å². The van der Waals surface area contributed by atoms with Crippen LogP contribution in [0.3, 0.4) is 0 Å². The molecule has 180 valence electrons. The first-order chi connectivity index (χ1) is 16.0. The van der Waals surface area contributed by atoms with Crippen molar-refractivity contribution in [2.45, 2.75) is 64.3 Å². The van der Waals surface area contributed by atoms with E-state index in [1.165, 1.54) is 50.1 Å². The molecule has 8 nitrogen and oxygen atoms in total. The van der Waals surface area contributed by atoms with Crippen molar-refractivity contribution in [3.05, 3.63) is 34.3 Å². The van der Waals surface area contributed by atoms with Gasteiger partial charge in [-0.25, -0.2) is 0 Å². The summed E-state index contributed by atoms with van der Waals surface area (Å²) in [5.74, 6) is 0.502. The largest absolute Gasteiger partial charge is 0.497 e. The third kappa shape index (κ3) is 8.40. The standard InChI is InChI=1S/C24H35N5O3S/c1-18(29-16-5-3-4-6-17-29)14-15-25-21(30)8-7-9-22-27-28-24(33-22)23(31)26-19-10-12-20(32-2)13-11-19/h10-13,18H,3-9,14-17H2,1-2H3,(H,25,30)(H,26,31). The van der Waals surface area contributed by atoms with Crippen LogP contribution in [0, 0.1) is 0 Å². The van der Waals surface area contributed by atoms with E-state index >= 15 is 0 Å². The average Bonchev–Trinajstić information content (AvgIpc) is 3.12. The minimum absolute atomic E-state index is 0.0695. The second-order valence-electron chi connectivity index (χ2n) is 8.47. The minimum Gasteiger partial charge on any atom is -0.497 e. The number of methoxy groups -OCH3 is 1. The molecule has 0 aliphatic carbocycles. The molecular formula is C24H35N5O3S. The molecule has 1 saturated heterocycles. The van der Waals surface area contributed by atoms with Crippen LogP contribution >= 0.6 is 11.3 Å². The van der Waals surface area contributed by atoms with Gasteiger partial charge in [0.25, 0.3) is 5.91 Å². The average molecular weight is 474 g/mol. The minimum atomic E-state index is -0.291. The molecule has 1 fully saturated rings. The van der Waals surface area contributed by atoms with Gasteiger partial charge in [0, 0.05) is 31.1 Å². The van der Waals surface area contributed by atoms with Crippen molar-refractivity contribution in [3.63, 3.8) is 0 Å². The van der Waals surface area contributed by atoms with Crippen LogP contribution in [0.15, 0.2) is 24.3 Å². The highest BCUT2D eigenvalue weighted by Crippen LogP contribution is 2.18. The van der Waals surface area contributed by atoms with Gasteiger partial charge in [0.1, 0.15) is 10.8 Å². The number of ether oxygens (including phenoxy) is 1. The molecule has 1 aliphatic rings. The lowest BCUT2D eigenvalue weighted by Crippen LogP contribution is -2.37. The van der Waals surface area contributed by atoms with Crippen LogP contribution < -0.4 is 15.4 Å². The van der Waals surface area contributed by atoms with E-state index in [0.29, 0.717) is 42.5 Å². The van der Waals surface area contributed by atoms with Crippen LogP contribution in [0.5, 0.6) is 5.75 Å². The number of aromatic nitrogens is 2. The Hall–Kier alpha value is -2.52. The molecule has 2 amide bonds. The Labute approximate surface area is 200 Å². The molecule has 1 aromatic heterocycles. The Morgan fingerprint density at radius 3 is 2.55 bits per heavy atom. The monoisotopic (exact) mass is 473 g/mol. The van der Waals surface area contributed by atoms with Gasteiger partial charge in [-0.2, -0.15) is 0 Å². The number of hydrogen-bond donors (Lipinski definition) is 2. The first kappa shape index (κ1) is 25.1. The summed E-state index contributed by atoms with van der Waals surface area (Å²) in [5, 5.41) is 15.0. The fourth-order valence-electron chi connectivity index (χ4n) is 3.93. The Kier molecular flexibility index (Phi) is 10.1. The summed E-state index contributed by atoms with van der Waals surface area (Å²) >= 11 is 1.26. The van der Waals surface area contributed by atoms with E-state index in [1.54, 1.807) is 31.4 Å². The van der Waals surface area contributed by atoms with Gasteiger partial charge >= 0.3 is 0 Å². The van der Waals surface area contributed by atoms with Gasteiger partial charge in [0.15, 0.2) is 0 Å². The summed E-state index contributed by atoms with van der Waals surface area (Å²) in [6.07, 6.45) is 7.99. The smallest absolute Gasteiger partial charge is 0.286 e. The maximum atomic E-state index is 12.4. The van der Waals surface area contributed by atoms with Gasteiger partial charge in [-0.1, -0.05) is 24.2 Å². The van der Waals surface area contributed by atoms with E-state index in [2.05, 4.69) is 32.7 Å². The number of nitrogens with one attached hydrogen (secondary N) is 2. The molecule has 0 bridgehead atoms. The van der Waals surface area contributed by atoms with E-state index < -0.39 is 0 Å². The third-order valence-electron chi connectivity index (χ3n) is 5.95. The molecule has 0 spiro atoms. The van der Waals surface area contributed by atoms with Crippen molar-refractivity contribution in [2.24, 2.45) is 0 Å². The maximum absolute atomic E-state index is 12.4. The van der Waals surface area contributed by atoms with Crippen molar-refractivity contribution in [2.75, 3.05) is 32.1 Å². The summed E-state index contributed by atoms with van der Waals surface area (Å²) in [4.78, 5) is 27.1. The summed E-state index contributed by atoms with van der Waals surface area (Å²) in [6.45, 7) is 5.33. The van der Waals surface area contributed by atoms with E-state index in [4.69, 9.17) is 4.74 Å². The van der Waals surface area contributed by atoms with Crippen LogP contribution in [0.4, 0.5) is 5.69 Å². The lowest BCUT2D eigenvalue weighted by Gasteiger charge is -2.27. The molecule has 33 heavy (non-hydrogen) atoms. The number of likely N-dealkylation sites (tertiary alicyclic amines) is 1. The van der Waals surface area contributed by atoms with E-state index in [9.17, 15) is 9.59 Å². The van der Waals surface area contributed by atoms with Crippen molar-refractivity contribution in [1.29, 1.82) is 0 Å². The van der Waals surface area contributed by atoms with Gasteiger partial charge < -0.3 is 20.3 Å². The first-order valence-electron chi connectivity index (χ1n) is 11.8. The maximum Gasteiger partial charge on any atom is 0.286 e. The van der Waals surface area contributed by atoms with Crippen LogP contribution in [-0.2, 0) is 11.2 Å². The highest BCUT2D eigenvalue weighted by atomic mass is 32.1. The molecule has 2 N–H and O–H groups in total. The Bertz CT molecular complexity index is 878. The van der Waals surface area contributed by atoms with Crippen LogP contribution in [0.2, 0.25) is 0 Å². The van der Waals surface area contributed by atoms with E-state index in [0.717, 1.165) is 17.2 Å². The first-order valence-corrected chi connectivity index (χ1v) is 12.7. The Morgan fingerprint density at radius 1 is 1.12 bits per heavy atom. The molecule has 2 aromatic rings. The van der Waals surface area contributed by atoms with Gasteiger partial charge in [-0.05, 0) is 70.0 Å². The number of anilines is 1. The summed E-state index contributed by atoms with van der Waals surface area (Å²) in [6, 6.07) is 7.61. The van der Waals surface area contributed by atoms with Crippen LogP contribution in [-0.4, -0.2) is 59.7 Å². The zero-order valence-corrected chi connectivity index (χ0v) is 20.5. The van der Waals surface area contributed by atoms with Crippen molar-refractivity contribution < 1.29 is 14.3 Å². The van der Waals surface area contributed by atoms with E-state index in [-0.39, 0.29) is 11.8 Å². The van der Waals surface area contributed by atoms with Gasteiger partial charge in [-0.15, -0.1) is 10.2 Å². The number of benzene rings is 1. The van der Waals surface area contributed by atoms with Crippen molar-refractivity contribution >= 4 is 28.8 Å². The van der Waals surface area contributed by atoms with E-state index in [1.807, 2.05) is 0 Å². The Balaban J connectivity index is 1.32. The van der Waals surface area contributed by atoms with Gasteiger partial charge in [0.2, 0.25) is 10.9 Å². The fourth-order valence-corrected chi connectivity index (χ4v) is 4.71. The highest BCUT2D eigenvalue weighted by molar-refractivity contribution is 7.13. The fraction of sp³-hybridized carbons (Fsp3) is 0.583. The number of carbonyl (C=O) groups is 2. The molecule has 2 heterocycles. The SMILES string of the molecule is COc1ccc(NC(=O)c2nnc(CCCC(=O)NCCC(C)N3CCCCCC3)s2)cc1. The molecule has 1 atom stereocenters. The second-order valence-corrected chi connectivity index (χ2v) is 9.54. The van der Waals surface area contributed by atoms with Crippen molar-refractivity contribution in [1.82, 2.24) is 20.4 Å². The molecule has 1 aromatic carbocycles. The number of amides is 2. The Morgan fingerprint density at radius 2 is 1.85 bits per heavy atom. The number of nitrogens with zero attached hydrogens (tertiary/aromatic N) is 3. The molecule has 1 unspecified atom stereocenters. The third-order valence-corrected chi connectivity index (χ3v) is 6.93. The number of carbonyl (C=O) groups excluding carboxylic acids is 2. The highest BCUT2D eigenvalue weighted by Gasteiger charge is 2.16. The zero-order valence-electron chi connectivity index (χ0n) is 19.6. The summed E-state index contributed by atoms with van der Waals surface area (Å²) in [7, 11) is 1.60. The number of hydrogen-bond acceptors (Lipinski definition) is 7. The summed E-state index contributed by atoms with van der Waals surface area (Å²) < 4.78 is 5.11. The lowest BCUT2D eigenvalue weighted by atomic mass is 10.2. The predicted molar refractivity (Wildman–Crippen MR) is 131 cm³/mol. The number of aryl methyl sites for hydroxylation is 1. The normalized spacial score (nSPS) is 15.5. The molecule has 9 heteroatoms. The molecular weight excluding hydrogens is 438 g/mol. The lowest BCUT2D eigenvalue weighted by molar-refractivity contribution is -0.121. The van der Waals surface area contributed by atoms with Gasteiger partial charge in [-0.3, -0.25) is 9.59 Å².